The third kappa shape index (κ3) is 6.05. The van der Waals surface area contributed by atoms with Crippen LogP contribution in [0.15, 0.2) is 42.0 Å². The molecule has 2 heteroatoms. The van der Waals surface area contributed by atoms with E-state index in [2.05, 4.69) is 27.7 Å². The first-order valence-electron chi connectivity index (χ1n) is 7.24. The number of hydrogen-bond acceptors (Lipinski definition) is 2. The molecule has 0 heterocycles. The quantitative estimate of drug-likeness (QED) is 0.414. The maximum atomic E-state index is 12.0. The van der Waals surface area contributed by atoms with E-state index in [1.165, 1.54) is 0 Å². The fraction of sp³-hybridized carbons (Fsp3) is 0.500. The Morgan fingerprint density at radius 1 is 1.25 bits per heavy atom. The third-order valence-electron chi connectivity index (χ3n) is 3.20. The van der Waals surface area contributed by atoms with Gasteiger partial charge in [0, 0.05) is 5.57 Å². The molecule has 0 amide bonds. The van der Waals surface area contributed by atoms with E-state index in [0.717, 1.165) is 12.8 Å². The molecule has 0 aliphatic heterocycles. The van der Waals surface area contributed by atoms with Gasteiger partial charge in [-0.2, -0.15) is 0 Å². The second-order valence-electron chi connectivity index (χ2n) is 6.56. The summed E-state index contributed by atoms with van der Waals surface area (Å²) < 4.78 is 5.32. The van der Waals surface area contributed by atoms with E-state index in [0.29, 0.717) is 17.2 Å². The maximum absolute atomic E-state index is 12.0. The zero-order chi connectivity index (χ0) is 15.2. The number of carbonyl (C=O) groups excluding carboxylic acids is 1. The van der Waals surface area contributed by atoms with Gasteiger partial charge in [-0.25, -0.2) is 4.79 Å². The van der Waals surface area contributed by atoms with Crippen LogP contribution in [0.5, 0.6) is 5.75 Å². The molecule has 1 rings (SSSR count). The van der Waals surface area contributed by atoms with Gasteiger partial charge in [-0.1, -0.05) is 52.0 Å². The molecule has 1 aromatic carbocycles. The molecule has 0 bridgehead atoms. The van der Waals surface area contributed by atoms with Crippen LogP contribution in [-0.4, -0.2) is 5.97 Å². The van der Waals surface area contributed by atoms with Crippen molar-refractivity contribution in [3.63, 3.8) is 0 Å². The van der Waals surface area contributed by atoms with E-state index >= 15 is 0 Å². The van der Waals surface area contributed by atoms with Gasteiger partial charge in [0.25, 0.3) is 0 Å². The summed E-state index contributed by atoms with van der Waals surface area (Å²) in [6.07, 6.45) is 4.03. The molecule has 20 heavy (non-hydrogen) atoms. The third-order valence-corrected chi connectivity index (χ3v) is 3.20. The van der Waals surface area contributed by atoms with Crippen LogP contribution < -0.4 is 4.74 Å². The second kappa shape index (κ2) is 7.28. The molecule has 0 aliphatic rings. The molecular weight excluding hydrogens is 248 g/mol. The van der Waals surface area contributed by atoms with Crippen molar-refractivity contribution in [2.24, 2.45) is 11.3 Å². The molecular formula is C18H26O2. The van der Waals surface area contributed by atoms with Crippen molar-refractivity contribution in [3.8, 4) is 5.75 Å². The lowest BCUT2D eigenvalue weighted by Crippen LogP contribution is -2.15. The maximum Gasteiger partial charge on any atom is 0.338 e. The van der Waals surface area contributed by atoms with E-state index in [1.54, 1.807) is 12.1 Å². The minimum atomic E-state index is -0.267. The van der Waals surface area contributed by atoms with Crippen LogP contribution in [0.1, 0.15) is 47.5 Å². The van der Waals surface area contributed by atoms with Gasteiger partial charge >= 0.3 is 5.97 Å². The van der Waals surface area contributed by atoms with Crippen LogP contribution in [0.25, 0.3) is 0 Å². The first-order chi connectivity index (χ1) is 9.30. The molecule has 0 saturated carbocycles. The molecule has 0 N–H and O–H groups in total. The van der Waals surface area contributed by atoms with Crippen LogP contribution >= 0.6 is 0 Å². The van der Waals surface area contributed by atoms with Gasteiger partial charge in [0.2, 0.25) is 0 Å². The van der Waals surface area contributed by atoms with Crippen LogP contribution in [0.2, 0.25) is 0 Å². The summed E-state index contributed by atoms with van der Waals surface area (Å²) in [5.74, 6) is 0.984. The molecule has 0 radical (unpaired) electrons. The second-order valence-corrected chi connectivity index (χ2v) is 6.56. The van der Waals surface area contributed by atoms with Crippen molar-refractivity contribution in [3.05, 3.63) is 42.0 Å². The van der Waals surface area contributed by atoms with Gasteiger partial charge in [-0.3, -0.25) is 0 Å². The molecule has 0 saturated heterocycles. The molecule has 0 aromatic heterocycles. The Kier molecular flexibility index (Phi) is 6.00. The first-order valence-corrected chi connectivity index (χ1v) is 7.24. The van der Waals surface area contributed by atoms with Crippen LogP contribution in [0, 0.1) is 11.3 Å². The summed E-state index contributed by atoms with van der Waals surface area (Å²) in [7, 11) is 0. The SMILES string of the molecule is CC(=CCC(C)(C)CC(C)C)C(=O)Oc1ccccc1. The summed E-state index contributed by atoms with van der Waals surface area (Å²) >= 11 is 0. The molecule has 110 valence electrons. The van der Waals surface area contributed by atoms with Crippen molar-refractivity contribution in [1.29, 1.82) is 0 Å². The zero-order valence-electron chi connectivity index (χ0n) is 13.3. The van der Waals surface area contributed by atoms with Gasteiger partial charge in [0.15, 0.2) is 0 Å². The predicted octanol–water partition coefficient (Wildman–Crippen LogP) is 5.00. The average Bonchev–Trinajstić information content (AvgIpc) is 2.35. The number of hydrogen-bond donors (Lipinski definition) is 0. The minimum Gasteiger partial charge on any atom is -0.423 e. The molecule has 0 atom stereocenters. The number of ether oxygens (including phenoxy) is 1. The monoisotopic (exact) mass is 274 g/mol. The van der Waals surface area contributed by atoms with Gasteiger partial charge in [-0.05, 0) is 43.2 Å². The molecule has 0 unspecified atom stereocenters. The fourth-order valence-electron chi connectivity index (χ4n) is 2.38. The lowest BCUT2D eigenvalue weighted by Gasteiger charge is -2.25. The largest absolute Gasteiger partial charge is 0.423 e. The Bertz CT molecular complexity index is 456. The Morgan fingerprint density at radius 2 is 1.85 bits per heavy atom. The number of allylic oxidation sites excluding steroid dienone is 1. The van der Waals surface area contributed by atoms with Gasteiger partial charge in [0.1, 0.15) is 5.75 Å². The molecule has 0 spiro atoms. The van der Waals surface area contributed by atoms with E-state index < -0.39 is 0 Å². The Hall–Kier alpha value is -1.57. The topological polar surface area (TPSA) is 26.3 Å². The van der Waals surface area contributed by atoms with Crippen molar-refractivity contribution in [2.75, 3.05) is 0 Å². The van der Waals surface area contributed by atoms with Crippen LogP contribution in [0.4, 0.5) is 0 Å². The zero-order valence-corrected chi connectivity index (χ0v) is 13.3. The number of rotatable bonds is 6. The highest BCUT2D eigenvalue weighted by Gasteiger charge is 2.18. The number of carbonyl (C=O) groups is 1. The Morgan fingerprint density at radius 3 is 2.40 bits per heavy atom. The highest BCUT2D eigenvalue weighted by Crippen LogP contribution is 2.30. The minimum absolute atomic E-state index is 0.211. The number of esters is 1. The van der Waals surface area contributed by atoms with Gasteiger partial charge < -0.3 is 4.74 Å². The number of para-hydroxylation sites is 1. The summed E-state index contributed by atoms with van der Waals surface area (Å²) in [6.45, 7) is 10.7. The van der Waals surface area contributed by atoms with Crippen molar-refractivity contribution in [2.45, 2.75) is 47.5 Å². The first kappa shape index (κ1) is 16.5. The Balaban J connectivity index is 2.58. The highest BCUT2D eigenvalue weighted by molar-refractivity contribution is 5.89. The standard InChI is InChI=1S/C18H26O2/c1-14(2)13-18(4,5)12-11-15(3)17(19)20-16-9-7-6-8-10-16/h6-11,14H,12-13H2,1-5H3. The summed E-state index contributed by atoms with van der Waals surface area (Å²) in [5.41, 5.74) is 0.883. The van der Waals surface area contributed by atoms with E-state index in [-0.39, 0.29) is 11.4 Å². The molecule has 0 aliphatic carbocycles. The molecule has 0 fully saturated rings. The average molecular weight is 274 g/mol. The van der Waals surface area contributed by atoms with Gasteiger partial charge in [-0.15, -0.1) is 0 Å². The predicted molar refractivity (Wildman–Crippen MR) is 83.7 cm³/mol. The lowest BCUT2D eigenvalue weighted by molar-refractivity contribution is -0.130. The fourth-order valence-corrected chi connectivity index (χ4v) is 2.38. The normalized spacial score (nSPS) is 12.6. The summed E-state index contributed by atoms with van der Waals surface area (Å²) in [6, 6.07) is 9.18. The lowest BCUT2D eigenvalue weighted by atomic mass is 9.81. The summed E-state index contributed by atoms with van der Waals surface area (Å²) in [4.78, 5) is 12.0. The van der Waals surface area contributed by atoms with E-state index in [9.17, 15) is 4.79 Å². The van der Waals surface area contributed by atoms with Crippen LogP contribution in [-0.2, 0) is 4.79 Å². The smallest absolute Gasteiger partial charge is 0.338 e. The van der Waals surface area contributed by atoms with E-state index in [1.807, 2.05) is 31.2 Å². The summed E-state index contributed by atoms with van der Waals surface area (Å²) in [5, 5.41) is 0. The van der Waals surface area contributed by atoms with Crippen molar-refractivity contribution in [1.82, 2.24) is 0 Å². The van der Waals surface area contributed by atoms with Crippen molar-refractivity contribution < 1.29 is 9.53 Å². The molecule has 1 aromatic rings. The van der Waals surface area contributed by atoms with Crippen molar-refractivity contribution >= 4 is 5.97 Å². The van der Waals surface area contributed by atoms with E-state index in [4.69, 9.17) is 4.74 Å². The van der Waals surface area contributed by atoms with Gasteiger partial charge in [0.05, 0.1) is 0 Å². The highest BCUT2D eigenvalue weighted by atomic mass is 16.5. The Labute approximate surface area is 122 Å². The number of benzene rings is 1. The van der Waals surface area contributed by atoms with Crippen LogP contribution in [0.3, 0.4) is 0 Å². The molecule has 2 nitrogen and oxygen atoms in total.